The minimum Gasteiger partial charge on any atom is -0.491 e. The molecule has 0 saturated carbocycles. The monoisotopic (exact) mass is 315 g/mol. The zero-order valence-corrected chi connectivity index (χ0v) is 12.7. The van der Waals surface area contributed by atoms with Crippen LogP contribution in [0.3, 0.4) is 0 Å². The van der Waals surface area contributed by atoms with Gasteiger partial charge in [-0.2, -0.15) is 0 Å². The highest BCUT2D eigenvalue weighted by Gasteiger charge is 2.25. The summed E-state index contributed by atoms with van der Waals surface area (Å²) in [5.41, 5.74) is 0.674. The van der Waals surface area contributed by atoms with Gasteiger partial charge in [-0.25, -0.2) is 4.39 Å². The summed E-state index contributed by atoms with van der Waals surface area (Å²) in [5, 5.41) is 0. The van der Waals surface area contributed by atoms with Gasteiger partial charge in [-0.05, 0) is 36.4 Å². The van der Waals surface area contributed by atoms with Crippen LogP contribution in [0.25, 0.3) is 0 Å². The fourth-order valence-electron chi connectivity index (χ4n) is 2.49. The van der Waals surface area contributed by atoms with Crippen LogP contribution < -0.4 is 4.74 Å². The van der Waals surface area contributed by atoms with E-state index in [2.05, 4.69) is 0 Å². The largest absolute Gasteiger partial charge is 0.491 e. The lowest BCUT2D eigenvalue weighted by molar-refractivity contribution is -0.0401. The van der Waals surface area contributed by atoms with Crippen molar-refractivity contribution < 1.29 is 18.7 Å². The lowest BCUT2D eigenvalue weighted by Gasteiger charge is -2.32. The molecule has 0 spiro atoms. The van der Waals surface area contributed by atoms with Crippen molar-refractivity contribution in [3.63, 3.8) is 0 Å². The molecule has 120 valence electrons. The van der Waals surface area contributed by atoms with Gasteiger partial charge >= 0.3 is 0 Å². The maximum atomic E-state index is 12.9. The molecule has 3 rings (SSSR count). The topological polar surface area (TPSA) is 38.8 Å². The van der Waals surface area contributed by atoms with Gasteiger partial charge in [0.1, 0.15) is 24.3 Å². The summed E-state index contributed by atoms with van der Waals surface area (Å²) in [6, 6.07) is 15.0. The third-order valence-electron chi connectivity index (χ3n) is 3.70. The van der Waals surface area contributed by atoms with Gasteiger partial charge < -0.3 is 14.4 Å². The molecule has 0 radical (unpaired) electrons. The number of carbonyl (C=O) groups is 1. The Hall–Kier alpha value is -2.40. The number of rotatable bonds is 4. The number of benzene rings is 2. The quantitative estimate of drug-likeness (QED) is 0.871. The Morgan fingerprint density at radius 2 is 1.91 bits per heavy atom. The molecular formula is C18H18FNO3. The molecule has 1 saturated heterocycles. The molecule has 1 heterocycles. The first kappa shape index (κ1) is 15.5. The van der Waals surface area contributed by atoms with E-state index in [0.717, 1.165) is 0 Å². The first-order valence-corrected chi connectivity index (χ1v) is 7.56. The Morgan fingerprint density at radius 1 is 1.17 bits per heavy atom. The molecule has 1 aliphatic rings. The summed E-state index contributed by atoms with van der Waals surface area (Å²) in [7, 11) is 0. The van der Waals surface area contributed by atoms with Crippen molar-refractivity contribution in [2.75, 3.05) is 26.3 Å². The van der Waals surface area contributed by atoms with Crippen LogP contribution in [0.5, 0.6) is 5.75 Å². The Balaban J connectivity index is 1.56. The van der Waals surface area contributed by atoms with Gasteiger partial charge in [-0.3, -0.25) is 4.79 Å². The second-order valence-electron chi connectivity index (χ2n) is 5.37. The summed E-state index contributed by atoms with van der Waals surface area (Å²) < 4.78 is 24.1. The van der Waals surface area contributed by atoms with Gasteiger partial charge in [0.15, 0.2) is 0 Å². The second-order valence-corrected chi connectivity index (χ2v) is 5.37. The highest BCUT2D eigenvalue weighted by Crippen LogP contribution is 2.14. The number of halogens is 1. The maximum absolute atomic E-state index is 12.9. The summed E-state index contributed by atoms with van der Waals surface area (Å²) in [6.07, 6.45) is -0.193. The number of carbonyl (C=O) groups excluding carboxylic acids is 1. The van der Waals surface area contributed by atoms with Crippen LogP contribution in [-0.4, -0.2) is 43.2 Å². The van der Waals surface area contributed by atoms with Crippen LogP contribution in [0.4, 0.5) is 4.39 Å². The van der Waals surface area contributed by atoms with Crippen LogP contribution in [0, 0.1) is 5.82 Å². The van der Waals surface area contributed by atoms with E-state index in [0.29, 0.717) is 37.6 Å². The van der Waals surface area contributed by atoms with Crippen LogP contribution in [0.1, 0.15) is 10.4 Å². The predicted octanol–water partition coefficient (Wildman–Crippen LogP) is 2.75. The molecular weight excluding hydrogens is 297 g/mol. The molecule has 0 aliphatic carbocycles. The summed E-state index contributed by atoms with van der Waals surface area (Å²) >= 11 is 0. The van der Waals surface area contributed by atoms with Gasteiger partial charge in [0.05, 0.1) is 13.2 Å². The third kappa shape index (κ3) is 4.07. The molecule has 23 heavy (non-hydrogen) atoms. The maximum Gasteiger partial charge on any atom is 0.254 e. The van der Waals surface area contributed by atoms with Crippen molar-refractivity contribution in [2.24, 2.45) is 0 Å². The van der Waals surface area contributed by atoms with Crippen molar-refractivity contribution >= 4 is 5.91 Å². The van der Waals surface area contributed by atoms with Crippen molar-refractivity contribution in [2.45, 2.75) is 6.10 Å². The minimum absolute atomic E-state index is 0.000632. The molecule has 1 amide bonds. The lowest BCUT2D eigenvalue weighted by atomic mass is 10.2. The number of ether oxygens (including phenoxy) is 2. The second kappa shape index (κ2) is 7.24. The standard InChI is InChI=1S/C18H18FNO3/c19-15-6-8-16(9-7-15)23-13-17-12-20(10-11-22-17)18(21)14-4-2-1-3-5-14/h1-9,17H,10-13H2. The summed E-state index contributed by atoms with van der Waals surface area (Å²) in [6.45, 7) is 1.86. The summed E-state index contributed by atoms with van der Waals surface area (Å²) in [5.74, 6) is 0.285. The fourth-order valence-corrected chi connectivity index (χ4v) is 2.49. The molecule has 0 bridgehead atoms. The van der Waals surface area contributed by atoms with E-state index in [1.165, 1.54) is 12.1 Å². The van der Waals surface area contributed by atoms with Gasteiger partial charge in [0.2, 0.25) is 0 Å². The van der Waals surface area contributed by atoms with Crippen molar-refractivity contribution in [3.8, 4) is 5.75 Å². The van der Waals surface area contributed by atoms with E-state index >= 15 is 0 Å². The molecule has 2 aromatic rings. The van der Waals surface area contributed by atoms with Crippen molar-refractivity contribution in [1.29, 1.82) is 0 Å². The number of morpholine rings is 1. The van der Waals surface area contributed by atoms with Crippen molar-refractivity contribution in [1.82, 2.24) is 4.90 Å². The highest BCUT2D eigenvalue weighted by molar-refractivity contribution is 5.94. The number of hydrogen-bond donors (Lipinski definition) is 0. The highest BCUT2D eigenvalue weighted by atomic mass is 19.1. The van der Waals surface area contributed by atoms with Gasteiger partial charge in [0.25, 0.3) is 5.91 Å². The van der Waals surface area contributed by atoms with E-state index in [1.54, 1.807) is 17.0 Å². The van der Waals surface area contributed by atoms with Crippen molar-refractivity contribution in [3.05, 3.63) is 66.0 Å². The average Bonchev–Trinajstić information content (AvgIpc) is 2.61. The zero-order chi connectivity index (χ0) is 16.1. The number of amides is 1. The molecule has 0 aromatic heterocycles. The molecule has 5 heteroatoms. The van der Waals surface area contributed by atoms with E-state index in [4.69, 9.17) is 9.47 Å². The average molecular weight is 315 g/mol. The zero-order valence-electron chi connectivity index (χ0n) is 12.7. The molecule has 1 unspecified atom stereocenters. The lowest BCUT2D eigenvalue weighted by Crippen LogP contribution is -2.47. The molecule has 4 nitrogen and oxygen atoms in total. The fraction of sp³-hybridized carbons (Fsp3) is 0.278. The predicted molar refractivity (Wildman–Crippen MR) is 84.0 cm³/mol. The molecule has 1 fully saturated rings. The minimum atomic E-state index is -0.300. The normalized spacial score (nSPS) is 17.8. The van der Waals surface area contributed by atoms with Gasteiger partial charge in [-0.1, -0.05) is 18.2 Å². The number of nitrogens with zero attached hydrogens (tertiary/aromatic N) is 1. The molecule has 2 aromatic carbocycles. The Labute approximate surface area is 134 Å². The molecule has 1 aliphatic heterocycles. The van der Waals surface area contributed by atoms with Gasteiger partial charge in [-0.15, -0.1) is 0 Å². The SMILES string of the molecule is O=C(c1ccccc1)N1CCOC(COc2ccc(F)cc2)C1. The Morgan fingerprint density at radius 3 is 2.65 bits per heavy atom. The van der Waals surface area contributed by atoms with Crippen LogP contribution in [-0.2, 0) is 4.74 Å². The van der Waals surface area contributed by atoms with E-state index < -0.39 is 0 Å². The van der Waals surface area contributed by atoms with Crippen LogP contribution >= 0.6 is 0 Å². The van der Waals surface area contributed by atoms with E-state index in [-0.39, 0.29) is 17.8 Å². The Bertz CT molecular complexity index is 645. The van der Waals surface area contributed by atoms with Gasteiger partial charge in [0, 0.05) is 12.1 Å². The van der Waals surface area contributed by atoms with E-state index in [1.807, 2.05) is 30.3 Å². The van der Waals surface area contributed by atoms with E-state index in [9.17, 15) is 9.18 Å². The van der Waals surface area contributed by atoms with Crippen LogP contribution in [0.2, 0.25) is 0 Å². The Kier molecular flexibility index (Phi) is 4.88. The smallest absolute Gasteiger partial charge is 0.254 e. The first-order chi connectivity index (χ1) is 11.2. The first-order valence-electron chi connectivity index (χ1n) is 7.56. The molecule has 1 atom stereocenters. The summed E-state index contributed by atoms with van der Waals surface area (Å²) in [4.78, 5) is 14.2. The number of hydrogen-bond acceptors (Lipinski definition) is 3. The third-order valence-corrected chi connectivity index (χ3v) is 3.70. The molecule has 0 N–H and O–H groups in total. The van der Waals surface area contributed by atoms with Crippen LogP contribution in [0.15, 0.2) is 54.6 Å².